The minimum absolute atomic E-state index is 0.187. The van der Waals surface area contributed by atoms with Crippen LogP contribution in [0.15, 0.2) is 60.8 Å². The van der Waals surface area contributed by atoms with Gasteiger partial charge in [0.1, 0.15) is 11.6 Å². The Hall–Kier alpha value is -2.89. The maximum absolute atomic E-state index is 12.4. The van der Waals surface area contributed by atoms with Crippen molar-refractivity contribution < 1.29 is 4.79 Å². The van der Waals surface area contributed by atoms with Crippen LogP contribution < -0.4 is 5.32 Å². The van der Waals surface area contributed by atoms with Crippen LogP contribution in [0, 0.1) is 0 Å². The lowest BCUT2D eigenvalue weighted by molar-refractivity contribution is 0.102. The first-order valence-corrected chi connectivity index (χ1v) is 10.5. The first-order chi connectivity index (χ1) is 14.5. The Morgan fingerprint density at radius 1 is 1.03 bits per heavy atom. The number of anilines is 1. The molecule has 5 rings (SSSR count). The quantitative estimate of drug-likeness (QED) is 0.412. The van der Waals surface area contributed by atoms with Crippen LogP contribution in [0.2, 0.25) is 10.0 Å². The summed E-state index contributed by atoms with van der Waals surface area (Å²) in [6.07, 6.45) is 4.95. The summed E-state index contributed by atoms with van der Waals surface area (Å²) in [6, 6.07) is 16.3. The van der Waals surface area contributed by atoms with Crippen molar-refractivity contribution in [1.29, 1.82) is 0 Å². The molecule has 2 aromatic heterocycles. The number of rotatable bonds is 4. The Morgan fingerprint density at radius 2 is 1.87 bits per heavy atom. The number of fused-ring (bicyclic) bond motifs is 1. The molecular weight excluding hydrogens is 419 g/mol. The van der Waals surface area contributed by atoms with Gasteiger partial charge in [-0.3, -0.25) is 4.79 Å². The monoisotopic (exact) mass is 436 g/mol. The van der Waals surface area contributed by atoms with Crippen molar-refractivity contribution in [3.63, 3.8) is 0 Å². The molecule has 2 aromatic carbocycles. The number of hydrogen-bond donors (Lipinski definition) is 2. The summed E-state index contributed by atoms with van der Waals surface area (Å²) in [5, 5.41) is 4.02. The highest BCUT2D eigenvalue weighted by atomic mass is 35.5. The van der Waals surface area contributed by atoms with Crippen LogP contribution >= 0.6 is 23.2 Å². The lowest BCUT2D eigenvalue weighted by Gasteiger charge is -2.40. The van der Waals surface area contributed by atoms with Gasteiger partial charge in [0, 0.05) is 21.8 Å². The predicted octanol–water partition coefficient (Wildman–Crippen LogP) is 5.99. The standard InChI is InChI=1S/C23H18Cl2N4O/c24-16-4-1-3-14(11-16)21(30)29-20-8-5-15(13-26-20)23(9-2-10-23)22-27-18-7-6-17(25)12-19(18)28-22/h1,3-8,11-13H,2,9-10H2,(H,27,28)(H,26,29,30). The van der Waals surface area contributed by atoms with Crippen LogP contribution in [0.5, 0.6) is 0 Å². The molecule has 7 heteroatoms. The third-order valence-electron chi connectivity index (χ3n) is 5.75. The Kier molecular flexibility index (Phi) is 4.72. The van der Waals surface area contributed by atoms with Crippen molar-refractivity contribution in [3.05, 3.63) is 87.8 Å². The molecule has 1 aliphatic rings. The second kappa shape index (κ2) is 7.42. The van der Waals surface area contributed by atoms with Crippen molar-refractivity contribution in [2.75, 3.05) is 5.32 Å². The molecular formula is C23H18Cl2N4O. The highest BCUT2D eigenvalue weighted by Gasteiger charge is 2.43. The SMILES string of the molecule is O=C(Nc1ccc(C2(c3nc4ccc(Cl)cc4[nH]3)CCC2)cn1)c1cccc(Cl)c1. The number of nitrogens with zero attached hydrogens (tertiary/aromatic N) is 2. The molecule has 5 nitrogen and oxygen atoms in total. The average molecular weight is 437 g/mol. The molecule has 1 aliphatic carbocycles. The van der Waals surface area contributed by atoms with Gasteiger partial charge in [-0.05, 0) is 60.9 Å². The Balaban J connectivity index is 1.41. The summed E-state index contributed by atoms with van der Waals surface area (Å²) < 4.78 is 0. The van der Waals surface area contributed by atoms with E-state index in [1.54, 1.807) is 24.3 Å². The van der Waals surface area contributed by atoms with Crippen LogP contribution in [0.4, 0.5) is 5.82 Å². The van der Waals surface area contributed by atoms with Crippen molar-refractivity contribution >= 4 is 46.0 Å². The molecule has 150 valence electrons. The van der Waals surface area contributed by atoms with Crippen molar-refractivity contribution in [1.82, 2.24) is 15.0 Å². The van der Waals surface area contributed by atoms with Gasteiger partial charge in [0.25, 0.3) is 5.91 Å². The number of pyridine rings is 1. The van der Waals surface area contributed by atoms with E-state index in [-0.39, 0.29) is 11.3 Å². The fourth-order valence-corrected chi connectivity index (χ4v) is 4.33. The average Bonchev–Trinajstić information content (AvgIpc) is 3.11. The Bertz CT molecular complexity index is 1250. The second-order valence-corrected chi connectivity index (χ2v) is 8.45. The normalized spacial score (nSPS) is 15.0. The summed E-state index contributed by atoms with van der Waals surface area (Å²) >= 11 is 12.1. The Morgan fingerprint density at radius 3 is 2.57 bits per heavy atom. The lowest BCUT2D eigenvalue weighted by atomic mass is 9.64. The van der Waals surface area contributed by atoms with Gasteiger partial charge in [0.15, 0.2) is 0 Å². The molecule has 0 saturated heterocycles. The zero-order chi connectivity index (χ0) is 20.7. The minimum Gasteiger partial charge on any atom is -0.341 e. The van der Waals surface area contributed by atoms with Crippen LogP contribution in [0.3, 0.4) is 0 Å². The minimum atomic E-state index is -0.245. The van der Waals surface area contributed by atoms with Gasteiger partial charge in [0.2, 0.25) is 0 Å². The third kappa shape index (κ3) is 3.34. The van der Waals surface area contributed by atoms with Gasteiger partial charge < -0.3 is 10.3 Å². The molecule has 1 amide bonds. The van der Waals surface area contributed by atoms with E-state index in [2.05, 4.69) is 15.3 Å². The van der Waals surface area contributed by atoms with E-state index in [9.17, 15) is 4.79 Å². The summed E-state index contributed by atoms with van der Waals surface area (Å²) in [5.74, 6) is 1.18. The molecule has 0 radical (unpaired) electrons. The van der Waals surface area contributed by atoms with Crippen molar-refractivity contribution in [2.45, 2.75) is 24.7 Å². The number of aromatic nitrogens is 3. The molecule has 0 aliphatic heterocycles. The number of H-pyrrole nitrogens is 1. The largest absolute Gasteiger partial charge is 0.341 e. The first kappa shape index (κ1) is 19.1. The van der Waals surface area contributed by atoms with Gasteiger partial charge in [-0.1, -0.05) is 41.8 Å². The van der Waals surface area contributed by atoms with Gasteiger partial charge in [-0.25, -0.2) is 9.97 Å². The topological polar surface area (TPSA) is 70.7 Å². The molecule has 0 atom stereocenters. The van der Waals surface area contributed by atoms with Gasteiger partial charge in [0.05, 0.1) is 16.4 Å². The van der Waals surface area contributed by atoms with E-state index in [0.717, 1.165) is 41.7 Å². The van der Waals surface area contributed by atoms with Gasteiger partial charge in [-0.2, -0.15) is 0 Å². The number of hydrogen-bond acceptors (Lipinski definition) is 3. The van der Waals surface area contributed by atoms with E-state index in [1.807, 2.05) is 36.5 Å². The number of benzene rings is 2. The molecule has 2 N–H and O–H groups in total. The van der Waals surface area contributed by atoms with Crippen molar-refractivity contribution in [2.24, 2.45) is 0 Å². The van der Waals surface area contributed by atoms with Crippen molar-refractivity contribution in [3.8, 4) is 0 Å². The van der Waals surface area contributed by atoms with Crippen LogP contribution in [0.25, 0.3) is 11.0 Å². The van der Waals surface area contributed by atoms with E-state index in [0.29, 0.717) is 21.4 Å². The number of nitrogens with one attached hydrogen (secondary N) is 2. The van der Waals surface area contributed by atoms with E-state index in [4.69, 9.17) is 28.2 Å². The van der Waals surface area contributed by atoms with Gasteiger partial charge >= 0.3 is 0 Å². The number of carbonyl (C=O) groups is 1. The predicted molar refractivity (Wildman–Crippen MR) is 119 cm³/mol. The number of halogens is 2. The third-order valence-corrected chi connectivity index (χ3v) is 6.22. The summed E-state index contributed by atoms with van der Waals surface area (Å²) in [6.45, 7) is 0. The first-order valence-electron chi connectivity index (χ1n) is 9.73. The smallest absolute Gasteiger partial charge is 0.256 e. The molecule has 4 aromatic rings. The molecule has 2 heterocycles. The number of aromatic amines is 1. The Labute approximate surface area is 183 Å². The van der Waals surface area contributed by atoms with E-state index >= 15 is 0 Å². The second-order valence-electron chi connectivity index (χ2n) is 7.58. The fraction of sp³-hybridized carbons (Fsp3) is 0.174. The van der Waals surface area contributed by atoms with Crippen LogP contribution in [0.1, 0.15) is 41.0 Å². The maximum Gasteiger partial charge on any atom is 0.256 e. The lowest BCUT2D eigenvalue weighted by Crippen LogP contribution is -2.36. The molecule has 30 heavy (non-hydrogen) atoms. The molecule has 0 unspecified atom stereocenters. The highest BCUT2D eigenvalue weighted by Crippen LogP contribution is 2.48. The van der Waals surface area contributed by atoms with Crippen LogP contribution in [-0.2, 0) is 5.41 Å². The number of imidazole rings is 1. The van der Waals surface area contributed by atoms with E-state index in [1.165, 1.54) is 0 Å². The zero-order valence-corrected chi connectivity index (χ0v) is 17.5. The van der Waals surface area contributed by atoms with Gasteiger partial charge in [-0.15, -0.1) is 0 Å². The molecule has 0 spiro atoms. The number of amides is 1. The van der Waals surface area contributed by atoms with Crippen LogP contribution in [-0.4, -0.2) is 20.9 Å². The van der Waals surface area contributed by atoms with E-state index < -0.39 is 0 Å². The zero-order valence-electron chi connectivity index (χ0n) is 16.0. The highest BCUT2D eigenvalue weighted by molar-refractivity contribution is 6.31. The summed E-state index contributed by atoms with van der Waals surface area (Å²) in [4.78, 5) is 25.2. The summed E-state index contributed by atoms with van der Waals surface area (Å²) in [7, 11) is 0. The molecule has 0 bridgehead atoms. The summed E-state index contributed by atoms with van der Waals surface area (Å²) in [5.41, 5.74) is 3.22. The molecule has 1 fully saturated rings. The fourth-order valence-electron chi connectivity index (χ4n) is 3.97. The molecule has 1 saturated carbocycles. The number of carbonyl (C=O) groups excluding carboxylic acids is 1. The maximum atomic E-state index is 12.4.